The molecule has 3 nitrogen and oxygen atoms in total. The number of hydrogen-bond donors (Lipinski definition) is 0. The molecule has 0 fully saturated rings. The summed E-state index contributed by atoms with van der Waals surface area (Å²) in [6.07, 6.45) is 9.06. The molecule has 1 aliphatic rings. The zero-order valence-corrected chi connectivity index (χ0v) is 26.9. The maximum absolute atomic E-state index is 5.18. The Balaban J connectivity index is 1.32. The van der Waals surface area contributed by atoms with Crippen LogP contribution < -0.4 is 5.19 Å². The highest BCUT2D eigenvalue weighted by Gasteiger charge is 2.23. The highest BCUT2D eigenvalue weighted by molar-refractivity contribution is 6.94. The smallest absolute Gasteiger partial charge is 0.235 e. The summed E-state index contributed by atoms with van der Waals surface area (Å²) in [5, 5.41) is 3.82. The number of hydrogen-bond acceptors (Lipinski definition) is 2. The molecule has 4 heteroatoms. The van der Waals surface area contributed by atoms with Gasteiger partial charge >= 0.3 is 0 Å². The average Bonchev–Trinajstić information content (AvgIpc) is 3.46. The molecule has 0 unspecified atom stereocenters. The first-order chi connectivity index (χ1) is 22.5. The highest BCUT2D eigenvalue weighted by atomic mass is 28.3. The van der Waals surface area contributed by atoms with Crippen LogP contribution in [0.3, 0.4) is 0 Å². The van der Waals surface area contributed by atoms with Crippen LogP contribution in [0.25, 0.3) is 61.9 Å². The number of fused-ring (bicyclic) bond motifs is 4. The van der Waals surface area contributed by atoms with E-state index >= 15 is 0 Å². The molecule has 0 saturated carbocycles. The van der Waals surface area contributed by atoms with Crippen molar-refractivity contribution in [3.8, 4) is 28.5 Å². The molecule has 0 saturated heterocycles. The minimum atomic E-state index is -1.72. The standard InChI is InChI=1S/C42H33N3Si/c1-46(2)27-13-19-30(23-24-33-18-9-12-22-41(33)46)34-25-26-40-36(28-34)35-20-10-11-21-39(35)45(40)42-43-37(31-14-5-3-6-15-31)29-38(44-42)32-16-7-4-8-17-32/h3-29H,1-2H3. The third-order valence-electron chi connectivity index (χ3n) is 8.95. The molecule has 220 valence electrons. The van der Waals surface area contributed by atoms with Gasteiger partial charge in [0.05, 0.1) is 22.4 Å². The second kappa shape index (κ2) is 11.4. The van der Waals surface area contributed by atoms with Crippen molar-refractivity contribution in [1.29, 1.82) is 0 Å². The average molecular weight is 608 g/mol. The van der Waals surface area contributed by atoms with Crippen LogP contribution in [-0.2, 0) is 0 Å². The van der Waals surface area contributed by atoms with Crippen molar-refractivity contribution in [2.75, 3.05) is 0 Å². The molecule has 46 heavy (non-hydrogen) atoms. The maximum atomic E-state index is 5.18. The van der Waals surface area contributed by atoms with Gasteiger partial charge in [0.1, 0.15) is 8.07 Å². The topological polar surface area (TPSA) is 30.7 Å². The molecule has 1 aliphatic heterocycles. The van der Waals surface area contributed by atoms with Crippen LogP contribution in [0.2, 0.25) is 13.1 Å². The third-order valence-corrected chi connectivity index (χ3v) is 11.8. The second-order valence-corrected chi connectivity index (χ2v) is 16.7. The molecular weight excluding hydrogens is 575 g/mol. The van der Waals surface area contributed by atoms with Crippen molar-refractivity contribution in [1.82, 2.24) is 14.5 Å². The van der Waals surface area contributed by atoms with E-state index in [2.05, 4.69) is 169 Å². The van der Waals surface area contributed by atoms with E-state index in [0.29, 0.717) is 5.95 Å². The number of nitrogens with zero attached hydrogens (tertiary/aromatic N) is 3. The van der Waals surface area contributed by atoms with E-state index < -0.39 is 8.07 Å². The molecule has 0 N–H and O–H groups in total. The summed E-state index contributed by atoms with van der Waals surface area (Å²) >= 11 is 0. The fourth-order valence-corrected chi connectivity index (χ4v) is 8.75. The van der Waals surface area contributed by atoms with Crippen LogP contribution in [0.4, 0.5) is 0 Å². The monoisotopic (exact) mass is 607 g/mol. The first kappa shape index (κ1) is 27.9. The molecule has 0 radical (unpaired) electrons. The van der Waals surface area contributed by atoms with E-state index in [9.17, 15) is 0 Å². The predicted octanol–water partition coefficient (Wildman–Crippen LogP) is 10.0. The van der Waals surface area contributed by atoms with Gasteiger partial charge in [-0.05, 0) is 46.2 Å². The maximum Gasteiger partial charge on any atom is 0.235 e. The van der Waals surface area contributed by atoms with Crippen LogP contribution in [-0.4, -0.2) is 22.6 Å². The fraction of sp³-hybridized carbons (Fsp3) is 0.0476. The predicted molar refractivity (Wildman–Crippen MR) is 197 cm³/mol. The summed E-state index contributed by atoms with van der Waals surface area (Å²) in [7, 11) is -1.72. The molecule has 0 spiro atoms. The minimum absolute atomic E-state index is 0.660. The molecule has 7 aromatic rings. The van der Waals surface area contributed by atoms with Gasteiger partial charge in [0.2, 0.25) is 5.95 Å². The largest absolute Gasteiger partial charge is 0.278 e. The van der Waals surface area contributed by atoms with E-state index in [-0.39, 0.29) is 0 Å². The first-order valence-electron chi connectivity index (χ1n) is 15.8. The molecule has 5 aromatic carbocycles. The molecule has 2 aromatic heterocycles. The number of para-hydroxylation sites is 1. The van der Waals surface area contributed by atoms with E-state index in [4.69, 9.17) is 9.97 Å². The Morgan fingerprint density at radius 2 is 1.17 bits per heavy atom. The lowest BCUT2D eigenvalue weighted by Gasteiger charge is -2.20. The minimum Gasteiger partial charge on any atom is -0.278 e. The van der Waals surface area contributed by atoms with Gasteiger partial charge in [-0.25, -0.2) is 9.97 Å². The van der Waals surface area contributed by atoms with Gasteiger partial charge in [-0.2, -0.15) is 0 Å². The Morgan fingerprint density at radius 1 is 0.543 bits per heavy atom. The van der Waals surface area contributed by atoms with Gasteiger partial charge < -0.3 is 0 Å². The summed E-state index contributed by atoms with van der Waals surface area (Å²) < 4.78 is 2.21. The van der Waals surface area contributed by atoms with Gasteiger partial charge in [0.25, 0.3) is 0 Å². The lowest BCUT2D eigenvalue weighted by molar-refractivity contribution is 0.995. The van der Waals surface area contributed by atoms with Crippen molar-refractivity contribution in [3.63, 3.8) is 0 Å². The molecule has 0 aliphatic carbocycles. The Morgan fingerprint density at radius 3 is 1.91 bits per heavy atom. The zero-order chi connectivity index (χ0) is 31.1. The van der Waals surface area contributed by atoms with Crippen LogP contribution in [0.1, 0.15) is 11.1 Å². The lowest BCUT2D eigenvalue weighted by Crippen LogP contribution is -2.41. The van der Waals surface area contributed by atoms with Crippen molar-refractivity contribution >= 4 is 46.7 Å². The van der Waals surface area contributed by atoms with Crippen molar-refractivity contribution < 1.29 is 0 Å². The van der Waals surface area contributed by atoms with E-state index in [1.165, 1.54) is 32.7 Å². The van der Waals surface area contributed by atoms with Crippen LogP contribution >= 0.6 is 0 Å². The molecule has 0 atom stereocenters. The van der Waals surface area contributed by atoms with Crippen LogP contribution in [0.5, 0.6) is 0 Å². The lowest BCUT2D eigenvalue weighted by atomic mass is 10.0. The Hall–Kier alpha value is -5.58. The Labute approximate surface area is 270 Å². The number of aromatic nitrogens is 3. The SMILES string of the molecule is C[Si]1(C)C=CC=C(c2ccc3c(c2)c2ccccc2n3-c2nc(-c3ccccc3)cc(-c3ccccc3)n2)C=Cc2ccccc21. The summed E-state index contributed by atoms with van der Waals surface area (Å²) in [6.45, 7) is 4.82. The fourth-order valence-electron chi connectivity index (χ4n) is 6.55. The van der Waals surface area contributed by atoms with Gasteiger partial charge in [-0.3, -0.25) is 4.57 Å². The second-order valence-electron chi connectivity index (χ2n) is 12.4. The summed E-state index contributed by atoms with van der Waals surface area (Å²) in [6, 6.07) is 47.0. The van der Waals surface area contributed by atoms with Gasteiger partial charge in [0.15, 0.2) is 0 Å². The molecule has 3 heterocycles. The van der Waals surface area contributed by atoms with Gasteiger partial charge in [0, 0.05) is 21.9 Å². The van der Waals surface area contributed by atoms with Gasteiger partial charge in [-0.1, -0.05) is 152 Å². The summed E-state index contributed by atoms with van der Waals surface area (Å²) in [5.74, 6) is 0.660. The van der Waals surface area contributed by atoms with Gasteiger partial charge in [-0.15, -0.1) is 0 Å². The highest BCUT2D eigenvalue weighted by Crippen LogP contribution is 2.35. The van der Waals surface area contributed by atoms with Crippen LogP contribution in [0.15, 0.2) is 157 Å². The molecular formula is C42H33N3Si. The van der Waals surface area contributed by atoms with E-state index in [1.54, 1.807) is 0 Å². The number of benzene rings is 5. The first-order valence-corrected chi connectivity index (χ1v) is 18.8. The van der Waals surface area contributed by atoms with Crippen LogP contribution in [0, 0.1) is 0 Å². The molecule has 0 amide bonds. The zero-order valence-electron chi connectivity index (χ0n) is 25.9. The molecule has 8 rings (SSSR count). The quantitative estimate of drug-likeness (QED) is 0.186. The Kier molecular flexibility index (Phi) is 6.93. The van der Waals surface area contributed by atoms with Crippen molar-refractivity contribution in [2.45, 2.75) is 13.1 Å². The third kappa shape index (κ3) is 5.03. The Bertz CT molecular complexity index is 2270. The van der Waals surface area contributed by atoms with E-state index in [1.807, 2.05) is 12.1 Å². The van der Waals surface area contributed by atoms with E-state index in [0.717, 1.165) is 33.5 Å². The molecule has 0 bridgehead atoms. The van der Waals surface area contributed by atoms with Crippen molar-refractivity contribution in [3.05, 3.63) is 169 Å². The summed E-state index contributed by atoms with van der Waals surface area (Å²) in [5.41, 5.74) is 12.2. The van der Waals surface area contributed by atoms with Crippen molar-refractivity contribution in [2.24, 2.45) is 0 Å². The summed E-state index contributed by atoms with van der Waals surface area (Å²) in [4.78, 5) is 10.4. The number of rotatable bonds is 4. The number of allylic oxidation sites excluding steroid dienone is 4. The normalized spacial score (nSPS) is 14.0.